The maximum Gasteiger partial charge on any atom is 0.164 e. The van der Waals surface area contributed by atoms with Crippen LogP contribution in [0.1, 0.15) is 42.8 Å². The van der Waals surface area contributed by atoms with Crippen LogP contribution in [0.25, 0.3) is 0 Å². The second-order valence-corrected chi connectivity index (χ2v) is 7.19. The van der Waals surface area contributed by atoms with Crippen LogP contribution in [-0.4, -0.2) is 46.7 Å². The van der Waals surface area contributed by atoms with Gasteiger partial charge in [0, 0.05) is 44.2 Å². The molecule has 2 aliphatic heterocycles. The lowest BCUT2D eigenvalue weighted by molar-refractivity contribution is 0.193. The first-order valence-corrected chi connectivity index (χ1v) is 9.57. The van der Waals surface area contributed by atoms with Crippen molar-refractivity contribution in [2.75, 3.05) is 26.9 Å². The molecule has 0 spiro atoms. The Bertz CT molecular complexity index is 803. The highest BCUT2D eigenvalue weighted by Gasteiger charge is 2.21. The molecule has 146 valence electrons. The molecule has 2 aromatic rings. The average molecular weight is 373 g/mol. The van der Waals surface area contributed by atoms with Crippen LogP contribution in [0.2, 0.25) is 0 Å². The third-order valence-electron chi connectivity index (χ3n) is 5.08. The number of benzene rings is 1. The number of aromatic nitrogens is 2. The first-order chi connectivity index (χ1) is 13.1. The van der Waals surface area contributed by atoms with E-state index in [1.165, 1.54) is 0 Å². The topological polar surface area (TPSA) is 69.0 Å². The van der Waals surface area contributed by atoms with Crippen LogP contribution >= 0.6 is 0 Å². The molecule has 0 fully saturated rings. The minimum Gasteiger partial charge on any atom is -0.496 e. The zero-order valence-corrected chi connectivity index (χ0v) is 16.0. The monoisotopic (exact) mass is 373 g/mol. The second kappa shape index (κ2) is 7.78. The van der Waals surface area contributed by atoms with Crippen molar-refractivity contribution in [1.82, 2.24) is 14.7 Å². The minimum atomic E-state index is -0.542. The lowest BCUT2D eigenvalue weighted by atomic mass is 10.1. The number of fused-ring (bicyclic) bond motifs is 2. The molecule has 27 heavy (non-hydrogen) atoms. The Morgan fingerprint density at radius 3 is 2.67 bits per heavy atom. The molecule has 0 unspecified atom stereocenters. The lowest BCUT2D eigenvalue weighted by Crippen LogP contribution is -2.23. The number of nitrogens with zero attached hydrogens (tertiary/aromatic N) is 3. The Hall–Kier alpha value is -2.25. The van der Waals surface area contributed by atoms with Crippen LogP contribution in [0.4, 0.5) is 0 Å². The Balaban J connectivity index is 1.56. The predicted octanol–water partition coefficient (Wildman–Crippen LogP) is 2.51. The van der Waals surface area contributed by atoms with Gasteiger partial charge in [-0.2, -0.15) is 5.10 Å². The van der Waals surface area contributed by atoms with Gasteiger partial charge in [0.2, 0.25) is 0 Å². The number of hydrogen-bond acceptors (Lipinski definition) is 6. The van der Waals surface area contributed by atoms with Gasteiger partial charge in [-0.15, -0.1) is 0 Å². The Kier molecular flexibility index (Phi) is 5.22. The Labute approximate surface area is 159 Å². The van der Waals surface area contributed by atoms with Crippen molar-refractivity contribution in [1.29, 1.82) is 0 Å². The van der Waals surface area contributed by atoms with E-state index in [0.29, 0.717) is 13.2 Å². The van der Waals surface area contributed by atoms with E-state index >= 15 is 0 Å². The molecule has 1 atom stereocenters. The third-order valence-corrected chi connectivity index (χ3v) is 5.08. The first-order valence-electron chi connectivity index (χ1n) is 9.57. The molecule has 0 bridgehead atoms. The van der Waals surface area contributed by atoms with Crippen LogP contribution in [0, 0.1) is 0 Å². The van der Waals surface area contributed by atoms with Crippen LogP contribution in [-0.2, 0) is 19.6 Å². The van der Waals surface area contributed by atoms with Crippen molar-refractivity contribution in [3.8, 4) is 17.2 Å². The molecule has 3 heterocycles. The van der Waals surface area contributed by atoms with Crippen molar-refractivity contribution >= 4 is 0 Å². The molecule has 7 nitrogen and oxygen atoms in total. The summed E-state index contributed by atoms with van der Waals surface area (Å²) in [5.41, 5.74) is 2.96. The van der Waals surface area contributed by atoms with Gasteiger partial charge in [-0.05, 0) is 25.5 Å². The van der Waals surface area contributed by atoms with Crippen molar-refractivity contribution in [2.24, 2.45) is 0 Å². The highest BCUT2D eigenvalue weighted by molar-refractivity contribution is 5.51. The summed E-state index contributed by atoms with van der Waals surface area (Å²) >= 11 is 0. The van der Waals surface area contributed by atoms with Gasteiger partial charge in [-0.1, -0.05) is 0 Å². The molecule has 1 aromatic heterocycles. The number of ether oxygens (including phenoxy) is 3. The zero-order valence-electron chi connectivity index (χ0n) is 16.0. The summed E-state index contributed by atoms with van der Waals surface area (Å²) < 4.78 is 19.3. The molecule has 0 amide bonds. The Morgan fingerprint density at radius 2 is 1.93 bits per heavy atom. The van der Waals surface area contributed by atoms with E-state index in [1.54, 1.807) is 14.0 Å². The van der Waals surface area contributed by atoms with Crippen molar-refractivity contribution < 1.29 is 19.3 Å². The number of hydrogen-bond donors (Lipinski definition) is 1. The van der Waals surface area contributed by atoms with Gasteiger partial charge in [-0.25, -0.2) is 0 Å². The number of aliphatic hydroxyl groups is 1. The van der Waals surface area contributed by atoms with Gasteiger partial charge in [0.1, 0.15) is 5.75 Å². The maximum absolute atomic E-state index is 9.82. The number of aliphatic hydroxyl groups excluding tert-OH is 1. The summed E-state index contributed by atoms with van der Waals surface area (Å²) in [4.78, 5) is 2.38. The fourth-order valence-electron chi connectivity index (χ4n) is 3.68. The van der Waals surface area contributed by atoms with Gasteiger partial charge in [-0.3, -0.25) is 9.58 Å². The molecule has 1 N–H and O–H groups in total. The van der Waals surface area contributed by atoms with Gasteiger partial charge in [0.15, 0.2) is 11.5 Å². The van der Waals surface area contributed by atoms with Gasteiger partial charge in [0.25, 0.3) is 0 Å². The molecule has 4 rings (SSSR count). The van der Waals surface area contributed by atoms with Crippen LogP contribution < -0.4 is 14.2 Å². The smallest absolute Gasteiger partial charge is 0.164 e. The highest BCUT2D eigenvalue weighted by Crippen LogP contribution is 2.37. The largest absolute Gasteiger partial charge is 0.496 e. The second-order valence-electron chi connectivity index (χ2n) is 7.19. The van der Waals surface area contributed by atoms with Gasteiger partial charge >= 0.3 is 0 Å². The van der Waals surface area contributed by atoms with Gasteiger partial charge < -0.3 is 19.3 Å². The molecule has 0 radical (unpaired) electrons. The normalized spacial score (nSPS) is 18.3. The molecular weight excluding hydrogens is 346 g/mol. The van der Waals surface area contributed by atoms with E-state index < -0.39 is 6.10 Å². The van der Waals surface area contributed by atoms with E-state index in [1.807, 2.05) is 22.9 Å². The summed E-state index contributed by atoms with van der Waals surface area (Å²) in [6.45, 7) is 6.48. The molecule has 1 aromatic carbocycles. The number of aryl methyl sites for hydroxylation is 1. The molecule has 0 saturated heterocycles. The van der Waals surface area contributed by atoms with Crippen molar-refractivity contribution in [3.05, 3.63) is 35.2 Å². The average Bonchev–Trinajstić information content (AvgIpc) is 2.81. The summed E-state index contributed by atoms with van der Waals surface area (Å²) in [7, 11) is 1.69. The molecule has 0 saturated carbocycles. The quantitative estimate of drug-likeness (QED) is 0.888. The minimum absolute atomic E-state index is 0.542. The number of methoxy groups -OCH3 is 1. The molecular formula is C20H27N3O4. The molecule has 2 aliphatic rings. The Morgan fingerprint density at radius 1 is 1.15 bits per heavy atom. The maximum atomic E-state index is 9.82. The summed E-state index contributed by atoms with van der Waals surface area (Å²) in [5, 5.41) is 14.3. The van der Waals surface area contributed by atoms with Crippen LogP contribution in [0.15, 0.2) is 18.2 Å². The van der Waals surface area contributed by atoms with Crippen LogP contribution in [0.3, 0.4) is 0 Å². The van der Waals surface area contributed by atoms with E-state index in [9.17, 15) is 5.11 Å². The summed E-state index contributed by atoms with van der Waals surface area (Å²) in [6.07, 6.45) is 1.36. The number of rotatable bonds is 4. The first kappa shape index (κ1) is 18.1. The van der Waals surface area contributed by atoms with E-state index in [-0.39, 0.29) is 0 Å². The third kappa shape index (κ3) is 3.89. The van der Waals surface area contributed by atoms with Crippen molar-refractivity contribution in [2.45, 2.75) is 45.5 Å². The van der Waals surface area contributed by atoms with Gasteiger partial charge in [0.05, 0.1) is 37.8 Å². The predicted molar refractivity (Wildman–Crippen MR) is 100 cm³/mol. The fraction of sp³-hybridized carbons (Fsp3) is 0.550. The van der Waals surface area contributed by atoms with Crippen molar-refractivity contribution in [3.63, 3.8) is 0 Å². The van der Waals surface area contributed by atoms with E-state index in [2.05, 4.69) is 10.00 Å². The highest BCUT2D eigenvalue weighted by atomic mass is 16.5. The molecule has 0 aliphatic carbocycles. The summed E-state index contributed by atoms with van der Waals surface area (Å²) in [6, 6.07) is 5.99. The van der Waals surface area contributed by atoms with E-state index in [4.69, 9.17) is 14.2 Å². The van der Waals surface area contributed by atoms with E-state index in [0.717, 1.165) is 73.2 Å². The lowest BCUT2D eigenvalue weighted by Gasteiger charge is -2.22. The van der Waals surface area contributed by atoms with Crippen LogP contribution in [0.5, 0.6) is 17.2 Å². The summed E-state index contributed by atoms with van der Waals surface area (Å²) in [5.74, 6) is 2.37. The fourth-order valence-corrected chi connectivity index (χ4v) is 3.68. The molecule has 7 heteroatoms. The zero-order chi connectivity index (χ0) is 18.8. The SMILES string of the molecule is COc1cc2c(cc1CN1CCCn3nc([C@H](C)O)cc3C1)OCCCO2. The standard InChI is InChI=1S/C20H27N3O4/c1-14(24)17-10-16-13-22(5-3-6-23(16)21-17)12-15-9-19-20(11-18(15)25-2)27-8-4-7-26-19/h9-11,14,24H,3-8,12-13H2,1-2H3/t14-/m0/s1.